The normalized spacial score (nSPS) is 9.75. The number of hydrogen-bond acceptors (Lipinski definition) is 4. The SMILES string of the molecule is N#CC(C#N)=c1cc(-c2ccc(F)c(F)c2)c(=C(C#N)C#N)cc1-c1ccc(F)c(F)c1. The first-order valence-corrected chi connectivity index (χ1v) is 8.78. The molecule has 0 heterocycles. The van der Waals surface area contributed by atoms with Crippen LogP contribution in [0.25, 0.3) is 33.4 Å². The molecule has 0 saturated heterocycles. The highest BCUT2D eigenvalue weighted by molar-refractivity contribution is 5.85. The van der Waals surface area contributed by atoms with E-state index in [1.807, 2.05) is 0 Å². The van der Waals surface area contributed by atoms with E-state index in [-0.39, 0.29) is 32.7 Å². The van der Waals surface area contributed by atoms with Gasteiger partial charge < -0.3 is 0 Å². The largest absolute Gasteiger partial charge is 0.204 e. The molecule has 0 unspecified atom stereocenters. The summed E-state index contributed by atoms with van der Waals surface area (Å²) < 4.78 is 54.6. The fourth-order valence-corrected chi connectivity index (χ4v) is 3.11. The number of benzene rings is 3. The van der Waals surface area contributed by atoms with E-state index in [2.05, 4.69) is 0 Å². The Kier molecular flexibility index (Phi) is 6.02. The van der Waals surface area contributed by atoms with Crippen molar-refractivity contribution in [1.29, 1.82) is 21.0 Å². The average molecular weight is 428 g/mol. The summed E-state index contributed by atoms with van der Waals surface area (Å²) in [6.07, 6.45) is 0. The van der Waals surface area contributed by atoms with Gasteiger partial charge in [-0.05, 0) is 58.7 Å². The summed E-state index contributed by atoms with van der Waals surface area (Å²) in [5, 5.41) is 37.5. The molecule has 0 aliphatic rings. The number of rotatable bonds is 2. The molecule has 0 aliphatic carbocycles. The van der Waals surface area contributed by atoms with E-state index < -0.39 is 34.4 Å². The molecule has 0 aliphatic heterocycles. The maximum atomic E-state index is 13.9. The maximum Gasteiger partial charge on any atom is 0.159 e. The second kappa shape index (κ2) is 8.84. The molecule has 0 atom stereocenters. The van der Waals surface area contributed by atoms with E-state index in [0.717, 1.165) is 24.3 Å². The van der Waals surface area contributed by atoms with E-state index in [1.54, 1.807) is 24.3 Å². The summed E-state index contributed by atoms with van der Waals surface area (Å²) in [7, 11) is 0. The standard InChI is InChI=1S/C24H8F4N4/c25-21-3-1-13(5-23(21)27)17-7-20(16(11-31)12-32)18(8-19(17)15(9-29)10-30)14-2-4-22(26)24(28)6-14/h1-8H. The van der Waals surface area contributed by atoms with Gasteiger partial charge in [-0.3, -0.25) is 0 Å². The van der Waals surface area contributed by atoms with Gasteiger partial charge in [-0.1, -0.05) is 12.1 Å². The molecule has 0 aromatic heterocycles. The predicted molar refractivity (Wildman–Crippen MR) is 106 cm³/mol. The molecule has 0 fully saturated rings. The monoisotopic (exact) mass is 428 g/mol. The third-order valence-corrected chi connectivity index (χ3v) is 4.60. The number of nitrogens with zero attached hydrogens (tertiary/aromatic N) is 4. The Hall–Kier alpha value is -4.92. The maximum absolute atomic E-state index is 13.9. The van der Waals surface area contributed by atoms with Crippen molar-refractivity contribution in [2.45, 2.75) is 0 Å². The first-order chi connectivity index (χ1) is 15.3. The van der Waals surface area contributed by atoms with Crippen LogP contribution in [-0.4, -0.2) is 0 Å². The van der Waals surface area contributed by atoms with Crippen molar-refractivity contribution >= 4 is 11.1 Å². The van der Waals surface area contributed by atoms with Crippen molar-refractivity contribution in [1.82, 2.24) is 0 Å². The highest BCUT2D eigenvalue weighted by Gasteiger charge is 2.15. The second-order valence-electron chi connectivity index (χ2n) is 6.40. The molecule has 0 radical (unpaired) electrons. The summed E-state index contributed by atoms with van der Waals surface area (Å²) in [6.45, 7) is 0. The molecule has 32 heavy (non-hydrogen) atoms. The van der Waals surface area contributed by atoms with Crippen LogP contribution in [0.4, 0.5) is 17.6 Å². The molecular weight excluding hydrogens is 420 g/mol. The van der Waals surface area contributed by atoms with Crippen molar-refractivity contribution in [2.75, 3.05) is 0 Å². The van der Waals surface area contributed by atoms with Crippen molar-refractivity contribution < 1.29 is 17.6 Å². The Balaban J connectivity index is 2.61. The number of halogens is 4. The van der Waals surface area contributed by atoms with Gasteiger partial charge in [-0.25, -0.2) is 17.6 Å². The number of nitriles is 4. The Morgan fingerprint density at radius 2 is 0.844 bits per heavy atom. The van der Waals surface area contributed by atoms with Crippen LogP contribution in [0.5, 0.6) is 0 Å². The molecule has 3 aromatic carbocycles. The Morgan fingerprint density at radius 3 is 1.12 bits per heavy atom. The lowest BCUT2D eigenvalue weighted by Gasteiger charge is -2.10. The van der Waals surface area contributed by atoms with Gasteiger partial charge in [-0.15, -0.1) is 0 Å². The van der Waals surface area contributed by atoms with Crippen LogP contribution in [0.1, 0.15) is 0 Å². The molecule has 0 spiro atoms. The third-order valence-electron chi connectivity index (χ3n) is 4.60. The molecule has 0 amide bonds. The van der Waals surface area contributed by atoms with Gasteiger partial charge in [0, 0.05) is 10.4 Å². The highest BCUT2D eigenvalue weighted by atomic mass is 19.2. The summed E-state index contributed by atoms with van der Waals surface area (Å²) in [5.41, 5.74) is -0.561. The third kappa shape index (κ3) is 3.90. The van der Waals surface area contributed by atoms with E-state index in [9.17, 15) is 38.6 Å². The summed E-state index contributed by atoms with van der Waals surface area (Å²) >= 11 is 0. The highest BCUT2D eigenvalue weighted by Crippen LogP contribution is 2.23. The molecule has 152 valence electrons. The van der Waals surface area contributed by atoms with Crippen LogP contribution in [0.2, 0.25) is 0 Å². The minimum Gasteiger partial charge on any atom is -0.204 e. The first kappa shape index (κ1) is 21.8. The molecule has 0 saturated carbocycles. The van der Waals surface area contributed by atoms with Crippen LogP contribution < -0.4 is 10.4 Å². The second-order valence-corrected chi connectivity index (χ2v) is 6.40. The fraction of sp³-hybridized carbons (Fsp3) is 0. The molecule has 8 heteroatoms. The zero-order valence-corrected chi connectivity index (χ0v) is 15.9. The van der Waals surface area contributed by atoms with E-state index in [1.165, 1.54) is 24.3 Å². The van der Waals surface area contributed by atoms with Gasteiger partial charge in [0.1, 0.15) is 35.4 Å². The molecular formula is C24H8F4N4. The van der Waals surface area contributed by atoms with E-state index in [4.69, 9.17) is 0 Å². The van der Waals surface area contributed by atoms with Crippen molar-refractivity contribution in [2.24, 2.45) is 0 Å². The quantitative estimate of drug-likeness (QED) is 0.577. The van der Waals surface area contributed by atoms with Crippen LogP contribution in [0.15, 0.2) is 48.5 Å². The Bertz CT molecular complexity index is 1410. The zero-order valence-electron chi connectivity index (χ0n) is 15.9. The van der Waals surface area contributed by atoms with E-state index >= 15 is 0 Å². The Morgan fingerprint density at radius 1 is 0.500 bits per heavy atom. The predicted octanol–water partition coefficient (Wildman–Crippen LogP) is 3.97. The fourth-order valence-electron chi connectivity index (χ4n) is 3.11. The summed E-state index contributed by atoms with van der Waals surface area (Å²) in [6, 6.07) is 15.0. The first-order valence-electron chi connectivity index (χ1n) is 8.78. The summed E-state index contributed by atoms with van der Waals surface area (Å²) in [5.74, 6) is -4.64. The van der Waals surface area contributed by atoms with Crippen molar-refractivity contribution in [3.63, 3.8) is 0 Å². The van der Waals surface area contributed by atoms with Gasteiger partial charge in [0.25, 0.3) is 0 Å². The average Bonchev–Trinajstić information content (AvgIpc) is 2.79. The molecule has 4 nitrogen and oxygen atoms in total. The zero-order chi connectivity index (χ0) is 23.4. The number of hydrogen-bond donors (Lipinski definition) is 0. The Labute approximate surface area is 179 Å². The van der Waals surface area contributed by atoms with Crippen molar-refractivity contribution in [3.8, 4) is 46.5 Å². The van der Waals surface area contributed by atoms with Crippen LogP contribution in [-0.2, 0) is 0 Å². The topological polar surface area (TPSA) is 95.2 Å². The molecule has 0 bridgehead atoms. The lowest BCUT2D eigenvalue weighted by Crippen LogP contribution is -2.19. The van der Waals surface area contributed by atoms with Crippen LogP contribution in [0, 0.1) is 68.6 Å². The van der Waals surface area contributed by atoms with Crippen LogP contribution in [0.3, 0.4) is 0 Å². The lowest BCUT2D eigenvalue weighted by atomic mass is 9.92. The van der Waals surface area contributed by atoms with Gasteiger partial charge in [-0.2, -0.15) is 21.0 Å². The van der Waals surface area contributed by atoms with Crippen LogP contribution >= 0.6 is 0 Å². The molecule has 3 aromatic rings. The van der Waals surface area contributed by atoms with Gasteiger partial charge in [0.05, 0.1) is 0 Å². The smallest absolute Gasteiger partial charge is 0.159 e. The molecule has 3 rings (SSSR count). The summed E-state index contributed by atoms with van der Waals surface area (Å²) in [4.78, 5) is 0. The van der Waals surface area contributed by atoms with Gasteiger partial charge in [0.15, 0.2) is 23.3 Å². The van der Waals surface area contributed by atoms with E-state index in [0.29, 0.717) is 0 Å². The van der Waals surface area contributed by atoms with Gasteiger partial charge >= 0.3 is 0 Å². The lowest BCUT2D eigenvalue weighted by molar-refractivity contribution is 0.509. The molecule has 0 N–H and O–H groups in total. The van der Waals surface area contributed by atoms with Crippen molar-refractivity contribution in [3.05, 3.63) is 82.2 Å². The minimum atomic E-state index is -1.19. The van der Waals surface area contributed by atoms with Gasteiger partial charge in [0.2, 0.25) is 0 Å². The minimum absolute atomic E-state index is 0.0280.